The average molecular weight is 168 g/mol. The van der Waals surface area contributed by atoms with E-state index in [0.717, 1.165) is 19.3 Å². The van der Waals surface area contributed by atoms with Crippen LogP contribution < -0.4 is 0 Å². The highest BCUT2D eigenvalue weighted by atomic mass is 16.3. The number of terminal acetylenes is 1. The van der Waals surface area contributed by atoms with E-state index < -0.39 is 5.60 Å². The van der Waals surface area contributed by atoms with Gasteiger partial charge >= 0.3 is 0 Å². The molecular weight excluding hydrogens is 148 g/mol. The van der Waals surface area contributed by atoms with E-state index in [9.17, 15) is 5.11 Å². The fourth-order valence-corrected chi connectivity index (χ4v) is 1.22. The molecule has 1 N–H and O–H groups in total. The summed E-state index contributed by atoms with van der Waals surface area (Å²) in [6.45, 7) is 4.04. The van der Waals surface area contributed by atoms with Crippen LogP contribution in [-0.4, -0.2) is 10.7 Å². The molecule has 1 atom stereocenters. The second kappa shape index (κ2) is 6.08. The molecule has 0 aromatic rings. The summed E-state index contributed by atoms with van der Waals surface area (Å²) >= 11 is 0. The predicted molar refractivity (Wildman–Crippen MR) is 52.8 cm³/mol. The standard InChI is InChI=1S/C11H20O/c1-4-6-8-10-11(3,12)9-7-5-2/h2,12H,4,6-10H2,1,3H3. The molecule has 0 aliphatic heterocycles. The van der Waals surface area contributed by atoms with Gasteiger partial charge in [0.05, 0.1) is 5.60 Å². The maximum Gasteiger partial charge on any atom is 0.0628 e. The van der Waals surface area contributed by atoms with Gasteiger partial charge in [0.15, 0.2) is 0 Å². The number of rotatable bonds is 6. The van der Waals surface area contributed by atoms with E-state index in [1.165, 1.54) is 12.8 Å². The highest BCUT2D eigenvalue weighted by molar-refractivity contribution is 4.87. The highest BCUT2D eigenvalue weighted by Gasteiger charge is 2.17. The first-order valence-electron chi connectivity index (χ1n) is 4.78. The molecule has 0 spiro atoms. The van der Waals surface area contributed by atoms with Crippen molar-refractivity contribution in [3.8, 4) is 12.3 Å². The smallest absolute Gasteiger partial charge is 0.0628 e. The van der Waals surface area contributed by atoms with E-state index in [1.807, 2.05) is 6.92 Å². The van der Waals surface area contributed by atoms with Crippen molar-refractivity contribution in [3.63, 3.8) is 0 Å². The lowest BCUT2D eigenvalue weighted by Gasteiger charge is -2.21. The zero-order valence-corrected chi connectivity index (χ0v) is 8.27. The molecule has 0 amide bonds. The molecule has 70 valence electrons. The minimum Gasteiger partial charge on any atom is -0.390 e. The van der Waals surface area contributed by atoms with Crippen LogP contribution in [0.3, 0.4) is 0 Å². The van der Waals surface area contributed by atoms with Crippen molar-refractivity contribution in [1.82, 2.24) is 0 Å². The van der Waals surface area contributed by atoms with Crippen molar-refractivity contribution in [2.45, 2.75) is 58.0 Å². The molecule has 0 bridgehead atoms. The summed E-state index contributed by atoms with van der Waals surface area (Å²) in [5.74, 6) is 2.55. The van der Waals surface area contributed by atoms with E-state index in [2.05, 4.69) is 12.8 Å². The van der Waals surface area contributed by atoms with Crippen molar-refractivity contribution >= 4 is 0 Å². The largest absolute Gasteiger partial charge is 0.390 e. The van der Waals surface area contributed by atoms with Gasteiger partial charge in [0.2, 0.25) is 0 Å². The fraction of sp³-hybridized carbons (Fsp3) is 0.818. The van der Waals surface area contributed by atoms with Crippen LogP contribution in [0.2, 0.25) is 0 Å². The van der Waals surface area contributed by atoms with Crippen LogP contribution in [0.25, 0.3) is 0 Å². The first kappa shape index (κ1) is 11.5. The van der Waals surface area contributed by atoms with Crippen LogP contribution in [-0.2, 0) is 0 Å². The molecule has 0 saturated heterocycles. The molecule has 0 rings (SSSR count). The van der Waals surface area contributed by atoms with Crippen LogP contribution in [0.5, 0.6) is 0 Å². The topological polar surface area (TPSA) is 20.2 Å². The van der Waals surface area contributed by atoms with Gasteiger partial charge < -0.3 is 5.11 Å². The van der Waals surface area contributed by atoms with Gasteiger partial charge in [0, 0.05) is 6.42 Å². The van der Waals surface area contributed by atoms with Gasteiger partial charge in [-0.1, -0.05) is 26.2 Å². The van der Waals surface area contributed by atoms with Crippen LogP contribution >= 0.6 is 0 Å². The Hall–Kier alpha value is -0.480. The number of aliphatic hydroxyl groups is 1. The molecular formula is C11H20O. The molecule has 1 unspecified atom stereocenters. The summed E-state index contributed by atoms with van der Waals surface area (Å²) in [6, 6.07) is 0. The zero-order chi connectivity index (χ0) is 9.45. The second-order valence-electron chi connectivity index (χ2n) is 3.66. The molecule has 0 fully saturated rings. The van der Waals surface area contributed by atoms with Crippen LogP contribution in [0.15, 0.2) is 0 Å². The molecule has 0 radical (unpaired) electrons. The molecule has 0 aromatic heterocycles. The molecule has 0 aliphatic carbocycles. The fourth-order valence-electron chi connectivity index (χ4n) is 1.22. The summed E-state index contributed by atoms with van der Waals surface area (Å²) in [6.07, 6.45) is 10.9. The SMILES string of the molecule is C#CCCC(C)(O)CCCCC. The van der Waals surface area contributed by atoms with E-state index in [0.29, 0.717) is 6.42 Å². The maximum atomic E-state index is 9.78. The monoisotopic (exact) mass is 168 g/mol. The third-order valence-corrected chi connectivity index (χ3v) is 2.13. The number of hydrogen-bond acceptors (Lipinski definition) is 1. The summed E-state index contributed by atoms with van der Waals surface area (Å²) in [7, 11) is 0. The zero-order valence-electron chi connectivity index (χ0n) is 8.27. The third-order valence-electron chi connectivity index (χ3n) is 2.13. The van der Waals surface area contributed by atoms with E-state index in [-0.39, 0.29) is 0 Å². The van der Waals surface area contributed by atoms with Crippen molar-refractivity contribution in [2.75, 3.05) is 0 Å². The number of unbranched alkanes of at least 4 members (excludes halogenated alkanes) is 2. The Labute approximate surface area is 76.2 Å². The van der Waals surface area contributed by atoms with E-state index >= 15 is 0 Å². The van der Waals surface area contributed by atoms with E-state index in [4.69, 9.17) is 6.42 Å². The lowest BCUT2D eigenvalue weighted by atomic mass is 9.93. The molecule has 0 heterocycles. The van der Waals surface area contributed by atoms with Crippen LogP contribution in [0.4, 0.5) is 0 Å². The van der Waals surface area contributed by atoms with Crippen molar-refractivity contribution in [1.29, 1.82) is 0 Å². The van der Waals surface area contributed by atoms with Gasteiger partial charge in [-0.2, -0.15) is 0 Å². The first-order valence-corrected chi connectivity index (χ1v) is 4.78. The van der Waals surface area contributed by atoms with Gasteiger partial charge in [0.1, 0.15) is 0 Å². The van der Waals surface area contributed by atoms with Gasteiger partial charge in [-0.05, 0) is 19.8 Å². The van der Waals surface area contributed by atoms with Gasteiger partial charge in [0.25, 0.3) is 0 Å². The lowest BCUT2D eigenvalue weighted by molar-refractivity contribution is 0.0409. The minimum absolute atomic E-state index is 0.540. The summed E-state index contributed by atoms with van der Waals surface area (Å²) in [4.78, 5) is 0. The Morgan fingerprint density at radius 1 is 1.33 bits per heavy atom. The predicted octanol–water partition coefficient (Wildman–Crippen LogP) is 2.73. The summed E-state index contributed by atoms with van der Waals surface area (Å²) in [5, 5.41) is 9.78. The molecule has 1 heteroatoms. The van der Waals surface area contributed by atoms with Crippen molar-refractivity contribution < 1.29 is 5.11 Å². The Morgan fingerprint density at radius 2 is 2.00 bits per heavy atom. The Bertz CT molecular complexity index is 142. The van der Waals surface area contributed by atoms with E-state index in [1.54, 1.807) is 0 Å². The van der Waals surface area contributed by atoms with Crippen LogP contribution in [0.1, 0.15) is 52.4 Å². The van der Waals surface area contributed by atoms with Gasteiger partial charge in [-0.3, -0.25) is 0 Å². The quantitative estimate of drug-likeness (QED) is 0.477. The van der Waals surface area contributed by atoms with Gasteiger partial charge in [-0.15, -0.1) is 12.3 Å². The lowest BCUT2D eigenvalue weighted by Crippen LogP contribution is -2.23. The average Bonchev–Trinajstić information content (AvgIpc) is 2.01. The second-order valence-corrected chi connectivity index (χ2v) is 3.66. The normalized spacial score (nSPS) is 15.2. The third kappa shape index (κ3) is 6.24. The minimum atomic E-state index is -0.540. The molecule has 1 nitrogen and oxygen atoms in total. The number of hydrogen-bond donors (Lipinski definition) is 1. The van der Waals surface area contributed by atoms with Crippen LogP contribution in [0, 0.1) is 12.3 Å². The molecule has 0 aliphatic rings. The maximum absolute atomic E-state index is 9.78. The summed E-state index contributed by atoms with van der Waals surface area (Å²) in [5.41, 5.74) is -0.540. The molecule has 12 heavy (non-hydrogen) atoms. The Kier molecular flexibility index (Phi) is 5.84. The van der Waals surface area contributed by atoms with Crippen molar-refractivity contribution in [2.24, 2.45) is 0 Å². The van der Waals surface area contributed by atoms with Gasteiger partial charge in [-0.25, -0.2) is 0 Å². The summed E-state index contributed by atoms with van der Waals surface area (Å²) < 4.78 is 0. The highest BCUT2D eigenvalue weighted by Crippen LogP contribution is 2.19. The Morgan fingerprint density at radius 3 is 2.50 bits per heavy atom. The molecule has 0 saturated carbocycles. The Balaban J connectivity index is 3.50. The van der Waals surface area contributed by atoms with Crippen molar-refractivity contribution in [3.05, 3.63) is 0 Å². The molecule has 0 aromatic carbocycles. The first-order chi connectivity index (χ1) is 5.62.